The number of rotatable bonds is 6. The van der Waals surface area contributed by atoms with Crippen LogP contribution in [0.15, 0.2) is 60.8 Å². The topological polar surface area (TPSA) is 59.9 Å². The first-order valence-corrected chi connectivity index (χ1v) is 12.8. The van der Waals surface area contributed by atoms with Gasteiger partial charge in [-0.15, -0.1) is 0 Å². The van der Waals surface area contributed by atoms with E-state index in [1.165, 1.54) is 6.42 Å². The second-order valence-electron chi connectivity index (χ2n) is 9.46. The Morgan fingerprint density at radius 2 is 1.77 bits per heavy atom. The molecule has 182 valence electrons. The van der Waals surface area contributed by atoms with Crippen LogP contribution in [0.1, 0.15) is 42.6 Å². The third kappa shape index (κ3) is 4.76. The Labute approximate surface area is 207 Å². The number of benzene rings is 2. The van der Waals surface area contributed by atoms with Gasteiger partial charge in [0.25, 0.3) is 5.91 Å². The number of amides is 1. The van der Waals surface area contributed by atoms with Gasteiger partial charge in [0.15, 0.2) is 0 Å². The molecule has 1 N–H and O–H groups in total. The molecule has 1 unspecified atom stereocenters. The van der Waals surface area contributed by atoms with E-state index in [4.69, 9.17) is 4.98 Å². The number of hydrogen-bond donors (Lipinski definition) is 1. The van der Waals surface area contributed by atoms with E-state index in [0.29, 0.717) is 12.6 Å². The van der Waals surface area contributed by atoms with E-state index in [2.05, 4.69) is 35.8 Å². The Bertz CT molecular complexity index is 1170. The van der Waals surface area contributed by atoms with Gasteiger partial charge in [-0.1, -0.05) is 38.1 Å². The maximum atomic E-state index is 13.5. The van der Waals surface area contributed by atoms with Crippen LogP contribution >= 0.6 is 0 Å². The van der Waals surface area contributed by atoms with Crippen LogP contribution in [0.25, 0.3) is 11.1 Å². The molecule has 0 aliphatic carbocycles. The number of fused-ring (bicyclic) bond motifs is 1. The van der Waals surface area contributed by atoms with E-state index in [0.717, 1.165) is 72.8 Å². The van der Waals surface area contributed by atoms with E-state index in [9.17, 15) is 9.90 Å². The average Bonchev–Trinajstić information content (AvgIpc) is 3.31. The van der Waals surface area contributed by atoms with Gasteiger partial charge in [0.1, 0.15) is 11.6 Å². The Kier molecular flexibility index (Phi) is 6.73. The summed E-state index contributed by atoms with van der Waals surface area (Å²) >= 11 is 0. The minimum absolute atomic E-state index is 0.0343. The van der Waals surface area contributed by atoms with Crippen molar-refractivity contribution in [2.75, 3.05) is 42.5 Å². The van der Waals surface area contributed by atoms with E-state index in [1.807, 2.05) is 41.4 Å². The summed E-state index contributed by atoms with van der Waals surface area (Å²) in [5.74, 6) is 1.28. The molecule has 6 heteroatoms. The summed E-state index contributed by atoms with van der Waals surface area (Å²) in [6.07, 6.45) is 4.78. The zero-order valence-electron chi connectivity index (χ0n) is 20.7. The van der Waals surface area contributed by atoms with Gasteiger partial charge in [0.05, 0.1) is 11.9 Å². The molecule has 0 saturated carbocycles. The number of likely N-dealkylation sites (N-methyl/N-ethyl adjacent to an activating group) is 1. The minimum atomic E-state index is 0.0343. The fraction of sp³-hybridized carbons (Fsp3) is 0.379. The monoisotopic (exact) mass is 470 g/mol. The van der Waals surface area contributed by atoms with Gasteiger partial charge in [-0.2, -0.15) is 0 Å². The molecule has 2 aliphatic rings. The van der Waals surface area contributed by atoms with Crippen molar-refractivity contribution in [3.8, 4) is 16.9 Å². The van der Waals surface area contributed by atoms with E-state index in [-0.39, 0.29) is 11.7 Å². The number of aryl methyl sites for hydroxylation is 1. The lowest BCUT2D eigenvalue weighted by molar-refractivity contribution is 0.0988. The highest BCUT2D eigenvalue weighted by atomic mass is 16.3. The number of phenolic OH excluding ortho intramolecular Hbond substituents is 1. The second kappa shape index (κ2) is 10.1. The summed E-state index contributed by atoms with van der Waals surface area (Å²) in [7, 11) is 0. The Morgan fingerprint density at radius 1 is 1.00 bits per heavy atom. The molecule has 3 aromatic rings. The normalized spacial score (nSPS) is 18.1. The van der Waals surface area contributed by atoms with Crippen LogP contribution in [0.2, 0.25) is 0 Å². The lowest BCUT2D eigenvalue weighted by Crippen LogP contribution is -2.37. The van der Waals surface area contributed by atoms with Crippen molar-refractivity contribution in [1.29, 1.82) is 0 Å². The van der Waals surface area contributed by atoms with Crippen molar-refractivity contribution in [3.05, 3.63) is 71.9 Å². The quantitative estimate of drug-likeness (QED) is 0.551. The van der Waals surface area contributed by atoms with Gasteiger partial charge in [0.2, 0.25) is 0 Å². The molecule has 6 nitrogen and oxygen atoms in total. The molecule has 1 fully saturated rings. The number of anilines is 2. The molecule has 1 aromatic heterocycles. The molecule has 1 atom stereocenters. The molecule has 5 rings (SSSR count). The lowest BCUT2D eigenvalue weighted by Gasteiger charge is -2.26. The molecule has 3 heterocycles. The molecule has 0 spiro atoms. The summed E-state index contributed by atoms with van der Waals surface area (Å²) in [6.45, 7) is 9.32. The van der Waals surface area contributed by atoms with Gasteiger partial charge in [-0.3, -0.25) is 9.69 Å². The molecule has 35 heavy (non-hydrogen) atoms. The SMILES string of the molecule is CCN(CC)C1CCN(c2ccc(N3CCCc4cc(-c5ccc(O)cc5)ccc4C3=O)cn2)C1. The van der Waals surface area contributed by atoms with Crippen molar-refractivity contribution in [3.63, 3.8) is 0 Å². The largest absolute Gasteiger partial charge is 0.508 e. The van der Waals surface area contributed by atoms with Crippen molar-refractivity contribution < 1.29 is 9.90 Å². The minimum Gasteiger partial charge on any atom is -0.508 e. The third-order valence-electron chi connectivity index (χ3n) is 7.47. The summed E-state index contributed by atoms with van der Waals surface area (Å²) in [6, 6.07) is 17.9. The van der Waals surface area contributed by atoms with Gasteiger partial charge in [-0.05, 0) is 79.4 Å². The van der Waals surface area contributed by atoms with Gasteiger partial charge in [0, 0.05) is 31.2 Å². The number of hydrogen-bond acceptors (Lipinski definition) is 5. The highest BCUT2D eigenvalue weighted by Crippen LogP contribution is 2.30. The zero-order valence-corrected chi connectivity index (χ0v) is 20.7. The smallest absolute Gasteiger partial charge is 0.258 e. The van der Waals surface area contributed by atoms with Crippen molar-refractivity contribution >= 4 is 17.4 Å². The molecule has 1 amide bonds. The van der Waals surface area contributed by atoms with E-state index < -0.39 is 0 Å². The first kappa shape index (κ1) is 23.4. The van der Waals surface area contributed by atoms with Crippen LogP contribution in [0.5, 0.6) is 5.75 Å². The van der Waals surface area contributed by atoms with Gasteiger partial charge >= 0.3 is 0 Å². The van der Waals surface area contributed by atoms with Crippen LogP contribution in [-0.4, -0.2) is 59.7 Å². The van der Waals surface area contributed by atoms with E-state index in [1.54, 1.807) is 12.1 Å². The molecule has 0 bridgehead atoms. The highest BCUT2D eigenvalue weighted by molar-refractivity contribution is 6.07. The van der Waals surface area contributed by atoms with E-state index >= 15 is 0 Å². The molecule has 2 aromatic carbocycles. The molecular weight excluding hydrogens is 436 g/mol. The number of aromatic hydroxyl groups is 1. The van der Waals surface area contributed by atoms with Crippen molar-refractivity contribution in [2.45, 2.75) is 39.2 Å². The first-order chi connectivity index (χ1) is 17.1. The molecule has 2 aliphatic heterocycles. The summed E-state index contributed by atoms with van der Waals surface area (Å²) in [4.78, 5) is 25.0. The van der Waals surface area contributed by atoms with Crippen LogP contribution in [0.3, 0.4) is 0 Å². The number of carbonyl (C=O) groups is 1. The highest BCUT2D eigenvalue weighted by Gasteiger charge is 2.28. The van der Waals surface area contributed by atoms with Gasteiger partial charge in [-0.25, -0.2) is 4.98 Å². The number of phenols is 1. The standard InChI is InChI=1S/C29H34N4O2/c1-3-31(4-2)25-15-17-32(20-25)28-14-10-24(19-30-28)33-16-5-6-23-18-22(9-13-27(23)29(33)35)21-7-11-26(34)12-8-21/h7-14,18-19,25,34H,3-6,15-17,20H2,1-2H3. The Hall–Kier alpha value is -3.38. The Morgan fingerprint density at radius 3 is 2.49 bits per heavy atom. The summed E-state index contributed by atoms with van der Waals surface area (Å²) in [5.41, 5.74) is 4.78. The predicted octanol–water partition coefficient (Wildman–Crippen LogP) is 4.97. The summed E-state index contributed by atoms with van der Waals surface area (Å²) in [5, 5.41) is 9.58. The number of aromatic nitrogens is 1. The lowest BCUT2D eigenvalue weighted by atomic mass is 9.97. The number of nitrogens with zero attached hydrogens (tertiary/aromatic N) is 4. The second-order valence-corrected chi connectivity index (χ2v) is 9.46. The maximum absolute atomic E-state index is 13.5. The number of carbonyl (C=O) groups excluding carboxylic acids is 1. The first-order valence-electron chi connectivity index (χ1n) is 12.8. The van der Waals surface area contributed by atoms with Crippen LogP contribution < -0.4 is 9.80 Å². The summed E-state index contributed by atoms with van der Waals surface area (Å²) < 4.78 is 0. The predicted molar refractivity (Wildman–Crippen MR) is 141 cm³/mol. The fourth-order valence-electron chi connectivity index (χ4n) is 5.48. The number of pyridine rings is 1. The average molecular weight is 471 g/mol. The van der Waals surface area contributed by atoms with Crippen LogP contribution in [0, 0.1) is 0 Å². The fourth-order valence-corrected chi connectivity index (χ4v) is 5.48. The maximum Gasteiger partial charge on any atom is 0.258 e. The van der Waals surface area contributed by atoms with Crippen LogP contribution in [0.4, 0.5) is 11.5 Å². The van der Waals surface area contributed by atoms with Crippen molar-refractivity contribution in [2.24, 2.45) is 0 Å². The molecular formula is C29H34N4O2. The van der Waals surface area contributed by atoms with Crippen LogP contribution in [-0.2, 0) is 6.42 Å². The molecule has 0 radical (unpaired) electrons. The molecule has 1 saturated heterocycles. The van der Waals surface area contributed by atoms with Crippen molar-refractivity contribution in [1.82, 2.24) is 9.88 Å². The van der Waals surface area contributed by atoms with Gasteiger partial charge < -0.3 is 14.9 Å². The third-order valence-corrected chi connectivity index (χ3v) is 7.47. The Balaban J connectivity index is 1.32. The zero-order chi connectivity index (χ0) is 24.4.